The molecular weight excluding hydrogens is 744 g/mol. The summed E-state index contributed by atoms with van der Waals surface area (Å²) in [6.07, 6.45) is -0.419. The summed E-state index contributed by atoms with van der Waals surface area (Å²) in [7, 11) is 0. The number of hydrogen-bond acceptors (Lipinski definition) is 6. The van der Waals surface area contributed by atoms with Crippen LogP contribution in [0.4, 0.5) is 18.0 Å². The number of ether oxygens (including phenoxy) is 2. The standard InChI is InChI=1S/C48H48F3NO6/c1-32-9-8-25-46(2)43(41-23-17-34(27-38(53)19-14-32)28-42(41)44(54)36-11-4-3-5-12-36)24-26-47(46,56)31-52(30-33-15-20-39(21-16-33)58-48(49,50)51)45(55)57-40-22-18-35-10-6-7-13-37(35)29-40/h3-7,9-13,15-18,20-23,28-29,38,43,53,56H,8,14,19,24-27,30-31H2,1-2H3. The van der Waals surface area contributed by atoms with E-state index in [1.165, 1.54) is 29.2 Å². The molecule has 10 heteroatoms. The van der Waals surface area contributed by atoms with Gasteiger partial charge in [-0.25, -0.2) is 4.79 Å². The summed E-state index contributed by atoms with van der Waals surface area (Å²) < 4.78 is 49.0. The molecule has 0 spiro atoms. The molecule has 0 radical (unpaired) electrons. The maximum Gasteiger partial charge on any atom is 0.573 e. The number of aliphatic hydroxyl groups excluding tert-OH is 1. The molecule has 5 aromatic rings. The Labute approximate surface area is 336 Å². The number of rotatable bonds is 8. The number of alkyl halides is 3. The average Bonchev–Trinajstić information content (AvgIpc) is 3.45. The summed E-state index contributed by atoms with van der Waals surface area (Å²) in [5.41, 5.74) is 1.98. The lowest BCUT2D eigenvalue weighted by molar-refractivity contribution is -0.274. The first kappa shape index (κ1) is 40.7. The Hall–Kier alpha value is -5.45. The number of carbonyl (C=O) groups is 2. The molecule has 1 amide bonds. The average molecular weight is 792 g/mol. The van der Waals surface area contributed by atoms with E-state index in [-0.39, 0.29) is 24.8 Å². The molecule has 3 aliphatic rings. The highest BCUT2D eigenvalue weighted by Gasteiger charge is 2.58. The number of carbonyl (C=O) groups excluding carboxylic acids is 2. The largest absolute Gasteiger partial charge is 0.573 e. The predicted molar refractivity (Wildman–Crippen MR) is 217 cm³/mol. The van der Waals surface area contributed by atoms with E-state index < -0.39 is 35.3 Å². The molecule has 302 valence electrons. The van der Waals surface area contributed by atoms with Gasteiger partial charge in [-0.3, -0.25) is 4.79 Å². The molecule has 8 rings (SSSR count). The van der Waals surface area contributed by atoms with Crippen molar-refractivity contribution in [3.63, 3.8) is 0 Å². The Bertz CT molecular complexity index is 2290. The number of fused-ring (bicyclic) bond motifs is 9. The van der Waals surface area contributed by atoms with Gasteiger partial charge >= 0.3 is 12.5 Å². The molecular formula is C48H48F3NO6. The third-order valence-electron chi connectivity index (χ3n) is 12.1. The van der Waals surface area contributed by atoms with E-state index in [2.05, 4.69) is 10.8 Å². The van der Waals surface area contributed by atoms with Crippen LogP contribution in [0.1, 0.15) is 90.9 Å². The topological polar surface area (TPSA) is 96.3 Å². The van der Waals surface area contributed by atoms with Crippen molar-refractivity contribution in [3.05, 3.63) is 155 Å². The monoisotopic (exact) mass is 791 g/mol. The third-order valence-corrected chi connectivity index (χ3v) is 12.1. The summed E-state index contributed by atoms with van der Waals surface area (Å²) in [4.78, 5) is 30.0. The van der Waals surface area contributed by atoms with E-state index in [1.807, 2.05) is 80.6 Å². The van der Waals surface area contributed by atoms with Gasteiger partial charge in [0, 0.05) is 23.1 Å². The van der Waals surface area contributed by atoms with Crippen molar-refractivity contribution in [2.45, 2.75) is 89.3 Å². The molecule has 0 saturated heterocycles. The van der Waals surface area contributed by atoms with Crippen molar-refractivity contribution in [3.8, 4) is 11.5 Å². The first-order valence-corrected chi connectivity index (χ1v) is 19.8. The highest BCUT2D eigenvalue weighted by atomic mass is 19.4. The zero-order valence-corrected chi connectivity index (χ0v) is 32.7. The van der Waals surface area contributed by atoms with Crippen LogP contribution in [0.5, 0.6) is 11.5 Å². The second-order valence-corrected chi connectivity index (χ2v) is 16.1. The summed E-state index contributed by atoms with van der Waals surface area (Å²) >= 11 is 0. The summed E-state index contributed by atoms with van der Waals surface area (Å²) in [5.74, 6) is -0.534. The van der Waals surface area contributed by atoms with Crippen LogP contribution < -0.4 is 9.47 Å². The van der Waals surface area contributed by atoms with Gasteiger partial charge < -0.3 is 24.6 Å². The smallest absolute Gasteiger partial charge is 0.410 e. The first-order valence-electron chi connectivity index (χ1n) is 19.8. The Morgan fingerprint density at radius 3 is 2.29 bits per heavy atom. The summed E-state index contributed by atoms with van der Waals surface area (Å²) in [5, 5.41) is 25.9. The molecule has 1 fully saturated rings. The fourth-order valence-corrected chi connectivity index (χ4v) is 8.86. The van der Waals surface area contributed by atoms with Gasteiger partial charge in [0.05, 0.1) is 18.2 Å². The maximum atomic E-state index is 14.3. The van der Waals surface area contributed by atoms with Crippen LogP contribution in [0, 0.1) is 5.41 Å². The number of aliphatic hydroxyl groups is 2. The number of benzene rings is 5. The lowest BCUT2D eigenvalue weighted by atomic mass is 9.64. The third kappa shape index (κ3) is 9.14. The van der Waals surface area contributed by atoms with Crippen molar-refractivity contribution < 1.29 is 42.4 Å². The molecule has 1 saturated carbocycles. The molecule has 0 aliphatic heterocycles. The van der Waals surface area contributed by atoms with Gasteiger partial charge in [0.1, 0.15) is 11.5 Å². The van der Waals surface area contributed by atoms with Crippen molar-refractivity contribution in [1.29, 1.82) is 0 Å². The fraction of sp³-hybridized carbons (Fsp3) is 0.333. The zero-order chi connectivity index (χ0) is 41.1. The van der Waals surface area contributed by atoms with Gasteiger partial charge in [-0.1, -0.05) is 104 Å². The Morgan fingerprint density at radius 2 is 1.55 bits per heavy atom. The second kappa shape index (κ2) is 16.8. The Balaban J connectivity index is 1.27. The molecule has 5 aromatic carbocycles. The van der Waals surface area contributed by atoms with Gasteiger partial charge in [-0.05, 0) is 116 Å². The van der Waals surface area contributed by atoms with Crippen molar-refractivity contribution in [2.75, 3.05) is 6.54 Å². The van der Waals surface area contributed by atoms with Crippen molar-refractivity contribution in [1.82, 2.24) is 4.90 Å². The molecule has 2 N–H and O–H groups in total. The van der Waals surface area contributed by atoms with Crippen LogP contribution >= 0.6 is 0 Å². The van der Waals surface area contributed by atoms with Gasteiger partial charge in [0.2, 0.25) is 0 Å². The van der Waals surface area contributed by atoms with Crippen LogP contribution in [0.25, 0.3) is 10.8 Å². The predicted octanol–water partition coefficient (Wildman–Crippen LogP) is 10.7. The van der Waals surface area contributed by atoms with Gasteiger partial charge in [0.15, 0.2) is 5.78 Å². The van der Waals surface area contributed by atoms with Crippen LogP contribution in [-0.2, 0) is 13.0 Å². The number of hydrogen-bond donors (Lipinski definition) is 2. The minimum absolute atomic E-state index is 0.0739. The summed E-state index contributed by atoms with van der Waals surface area (Å²) in [6.45, 7) is 3.85. The second-order valence-electron chi connectivity index (χ2n) is 16.1. The Morgan fingerprint density at radius 1 is 0.845 bits per heavy atom. The van der Waals surface area contributed by atoms with E-state index in [9.17, 15) is 33.0 Å². The van der Waals surface area contributed by atoms with E-state index >= 15 is 0 Å². The van der Waals surface area contributed by atoms with Crippen molar-refractivity contribution >= 4 is 22.6 Å². The molecule has 4 atom stereocenters. The van der Waals surface area contributed by atoms with Gasteiger partial charge in [0.25, 0.3) is 0 Å². The SMILES string of the molecule is CC1=CCCC2(C)C(CCC2(O)CN(Cc2ccc(OC(F)(F)F)cc2)C(=O)Oc2ccc3ccccc3c2)c2ccc(cc2C(=O)c2ccccc2)CC(O)CC1. The van der Waals surface area contributed by atoms with E-state index in [1.54, 1.807) is 24.3 Å². The maximum absolute atomic E-state index is 14.3. The number of ketones is 1. The van der Waals surface area contributed by atoms with E-state index in [0.717, 1.165) is 27.5 Å². The minimum atomic E-state index is -4.86. The van der Waals surface area contributed by atoms with E-state index in [4.69, 9.17) is 4.74 Å². The lowest BCUT2D eigenvalue weighted by Crippen LogP contribution is -2.54. The van der Waals surface area contributed by atoms with Crippen LogP contribution in [0.2, 0.25) is 0 Å². The fourth-order valence-electron chi connectivity index (χ4n) is 8.86. The highest BCUT2D eigenvalue weighted by molar-refractivity contribution is 6.10. The molecule has 58 heavy (non-hydrogen) atoms. The van der Waals surface area contributed by atoms with Crippen LogP contribution in [-0.4, -0.2) is 51.6 Å². The minimum Gasteiger partial charge on any atom is -0.410 e. The quantitative estimate of drug-likeness (QED) is 0.120. The zero-order valence-electron chi connectivity index (χ0n) is 32.7. The molecule has 4 unspecified atom stereocenters. The molecule has 3 aliphatic carbocycles. The van der Waals surface area contributed by atoms with Crippen molar-refractivity contribution in [2.24, 2.45) is 5.41 Å². The lowest BCUT2D eigenvalue weighted by Gasteiger charge is -2.46. The van der Waals surface area contributed by atoms with Gasteiger partial charge in [-0.15, -0.1) is 13.2 Å². The van der Waals surface area contributed by atoms with Crippen LogP contribution in [0.15, 0.2) is 127 Å². The molecule has 2 bridgehead atoms. The molecule has 0 heterocycles. The molecule has 0 aromatic heterocycles. The van der Waals surface area contributed by atoms with Gasteiger partial charge in [-0.2, -0.15) is 0 Å². The molecule has 7 nitrogen and oxygen atoms in total. The number of nitrogens with zero attached hydrogens (tertiary/aromatic N) is 1. The highest BCUT2D eigenvalue weighted by Crippen LogP contribution is 2.59. The van der Waals surface area contributed by atoms with E-state index in [0.29, 0.717) is 67.4 Å². The first-order chi connectivity index (χ1) is 27.7. The number of amides is 1. The summed E-state index contributed by atoms with van der Waals surface area (Å²) in [6, 6.07) is 33.1. The number of allylic oxidation sites excluding steroid dienone is 2. The normalized spacial score (nSPS) is 22.4. The Kier molecular flexibility index (Phi) is 11.8. The van der Waals surface area contributed by atoms with Crippen LogP contribution in [0.3, 0.4) is 0 Å². The number of halogens is 3.